The normalized spacial score (nSPS) is 12.2. The summed E-state index contributed by atoms with van der Waals surface area (Å²) in [6.07, 6.45) is 1.01. The molecule has 3 nitrogen and oxygen atoms in total. The summed E-state index contributed by atoms with van der Waals surface area (Å²) >= 11 is 0. The molecule has 2 N–H and O–H groups in total. The molecule has 1 unspecified atom stereocenters. The van der Waals surface area contributed by atoms with Gasteiger partial charge >= 0.3 is 0 Å². The fraction of sp³-hybridized carbons (Fsp3) is 0.462. The third-order valence-corrected chi connectivity index (χ3v) is 2.76. The third kappa shape index (κ3) is 2.83. The number of benzene rings is 1. The second kappa shape index (κ2) is 5.66. The molecule has 88 valence electrons. The average molecular weight is 220 g/mol. The van der Waals surface area contributed by atoms with Crippen LogP contribution in [0.5, 0.6) is 0 Å². The standard InChI is InChI=1S/C13H20N2O/c1-4-10-5-7-11(8-6-10)12(9-14)13(16)15(2)3/h5-8,12H,4,9,14H2,1-3H3. The summed E-state index contributed by atoms with van der Waals surface area (Å²) in [5, 5.41) is 0. The summed E-state index contributed by atoms with van der Waals surface area (Å²) in [4.78, 5) is 13.5. The molecule has 1 aromatic carbocycles. The molecule has 0 aliphatic heterocycles. The van der Waals surface area contributed by atoms with Crippen molar-refractivity contribution in [1.29, 1.82) is 0 Å². The van der Waals surface area contributed by atoms with E-state index in [1.165, 1.54) is 5.56 Å². The van der Waals surface area contributed by atoms with Gasteiger partial charge in [-0.1, -0.05) is 31.2 Å². The summed E-state index contributed by atoms with van der Waals surface area (Å²) in [6, 6.07) is 8.11. The number of carbonyl (C=O) groups is 1. The quantitative estimate of drug-likeness (QED) is 0.833. The van der Waals surface area contributed by atoms with Gasteiger partial charge in [0.2, 0.25) is 5.91 Å². The van der Waals surface area contributed by atoms with Gasteiger partial charge in [-0.25, -0.2) is 0 Å². The molecule has 0 radical (unpaired) electrons. The molecule has 16 heavy (non-hydrogen) atoms. The van der Waals surface area contributed by atoms with Crippen molar-refractivity contribution in [2.45, 2.75) is 19.3 Å². The van der Waals surface area contributed by atoms with E-state index < -0.39 is 0 Å². The van der Waals surface area contributed by atoms with Crippen molar-refractivity contribution in [3.63, 3.8) is 0 Å². The highest BCUT2D eigenvalue weighted by Crippen LogP contribution is 2.17. The van der Waals surface area contributed by atoms with Gasteiger partial charge in [0.25, 0.3) is 0 Å². The van der Waals surface area contributed by atoms with Crippen LogP contribution >= 0.6 is 0 Å². The van der Waals surface area contributed by atoms with Gasteiger partial charge < -0.3 is 10.6 Å². The van der Waals surface area contributed by atoms with Crippen LogP contribution in [0, 0.1) is 0 Å². The SMILES string of the molecule is CCc1ccc(C(CN)C(=O)N(C)C)cc1. The topological polar surface area (TPSA) is 46.3 Å². The van der Waals surface area contributed by atoms with Crippen LogP contribution < -0.4 is 5.73 Å². The fourth-order valence-electron chi connectivity index (χ4n) is 1.68. The van der Waals surface area contributed by atoms with Gasteiger partial charge in [0.05, 0.1) is 5.92 Å². The zero-order valence-electron chi connectivity index (χ0n) is 10.2. The van der Waals surface area contributed by atoms with E-state index in [4.69, 9.17) is 5.73 Å². The van der Waals surface area contributed by atoms with Crippen LogP contribution in [0.3, 0.4) is 0 Å². The Morgan fingerprint density at radius 2 is 1.88 bits per heavy atom. The highest BCUT2D eigenvalue weighted by atomic mass is 16.2. The van der Waals surface area contributed by atoms with E-state index in [1.54, 1.807) is 19.0 Å². The van der Waals surface area contributed by atoms with Crippen LogP contribution in [0.15, 0.2) is 24.3 Å². The van der Waals surface area contributed by atoms with Gasteiger partial charge in [-0.05, 0) is 17.5 Å². The Hall–Kier alpha value is -1.35. The Balaban J connectivity index is 2.91. The Kier molecular flexibility index (Phi) is 4.50. The van der Waals surface area contributed by atoms with E-state index in [0.717, 1.165) is 12.0 Å². The van der Waals surface area contributed by atoms with Crippen molar-refractivity contribution in [2.75, 3.05) is 20.6 Å². The lowest BCUT2D eigenvalue weighted by Crippen LogP contribution is -2.32. The van der Waals surface area contributed by atoms with Crippen LogP contribution in [0.1, 0.15) is 24.0 Å². The molecule has 0 fully saturated rings. The lowest BCUT2D eigenvalue weighted by molar-refractivity contribution is -0.130. The van der Waals surface area contributed by atoms with Gasteiger partial charge in [-0.15, -0.1) is 0 Å². The summed E-state index contributed by atoms with van der Waals surface area (Å²) < 4.78 is 0. The van der Waals surface area contributed by atoms with E-state index in [9.17, 15) is 4.79 Å². The number of hydrogen-bond acceptors (Lipinski definition) is 2. The molecule has 0 bridgehead atoms. The second-order valence-corrected chi connectivity index (χ2v) is 4.12. The molecule has 3 heteroatoms. The molecule has 0 saturated carbocycles. The van der Waals surface area contributed by atoms with Crippen LogP contribution in [0.4, 0.5) is 0 Å². The minimum absolute atomic E-state index is 0.0618. The summed E-state index contributed by atoms with van der Waals surface area (Å²) in [5.41, 5.74) is 7.94. The number of nitrogens with zero attached hydrogens (tertiary/aromatic N) is 1. The molecule has 1 amide bonds. The number of likely N-dealkylation sites (N-methyl/N-ethyl adjacent to an activating group) is 1. The van der Waals surface area contributed by atoms with E-state index >= 15 is 0 Å². The fourth-order valence-corrected chi connectivity index (χ4v) is 1.68. The molecule has 0 aliphatic carbocycles. The first kappa shape index (κ1) is 12.7. The van der Waals surface area contributed by atoms with Crippen molar-refractivity contribution >= 4 is 5.91 Å². The number of carbonyl (C=O) groups excluding carboxylic acids is 1. The van der Waals surface area contributed by atoms with Gasteiger partial charge in [0.15, 0.2) is 0 Å². The molecule has 1 aromatic rings. The van der Waals surface area contributed by atoms with Gasteiger partial charge in [-0.2, -0.15) is 0 Å². The van der Waals surface area contributed by atoms with E-state index in [-0.39, 0.29) is 11.8 Å². The Morgan fingerprint density at radius 1 is 1.31 bits per heavy atom. The average Bonchev–Trinajstić information content (AvgIpc) is 2.30. The zero-order valence-corrected chi connectivity index (χ0v) is 10.2. The molecule has 0 heterocycles. The molecular weight excluding hydrogens is 200 g/mol. The van der Waals surface area contributed by atoms with Gasteiger partial charge in [0, 0.05) is 20.6 Å². The van der Waals surface area contributed by atoms with Crippen LogP contribution in [-0.4, -0.2) is 31.4 Å². The Morgan fingerprint density at radius 3 is 2.25 bits per heavy atom. The predicted molar refractivity (Wildman–Crippen MR) is 66.3 cm³/mol. The number of amides is 1. The summed E-state index contributed by atoms with van der Waals surface area (Å²) in [6.45, 7) is 2.46. The van der Waals surface area contributed by atoms with E-state index in [0.29, 0.717) is 6.54 Å². The lowest BCUT2D eigenvalue weighted by atomic mass is 9.96. The monoisotopic (exact) mass is 220 g/mol. The van der Waals surface area contributed by atoms with Crippen molar-refractivity contribution in [2.24, 2.45) is 5.73 Å². The Labute approximate surface area is 97.2 Å². The molecule has 1 atom stereocenters. The van der Waals surface area contributed by atoms with Crippen LogP contribution in [0.2, 0.25) is 0 Å². The van der Waals surface area contributed by atoms with Crippen molar-refractivity contribution < 1.29 is 4.79 Å². The zero-order chi connectivity index (χ0) is 12.1. The number of rotatable bonds is 4. The minimum Gasteiger partial charge on any atom is -0.348 e. The van der Waals surface area contributed by atoms with Crippen molar-refractivity contribution in [3.05, 3.63) is 35.4 Å². The van der Waals surface area contributed by atoms with Crippen LogP contribution in [0.25, 0.3) is 0 Å². The first-order chi connectivity index (χ1) is 7.60. The molecule has 0 aliphatic rings. The number of nitrogens with two attached hydrogens (primary N) is 1. The molecule has 0 aromatic heterocycles. The van der Waals surface area contributed by atoms with Crippen LogP contribution in [-0.2, 0) is 11.2 Å². The van der Waals surface area contributed by atoms with Crippen molar-refractivity contribution in [3.8, 4) is 0 Å². The predicted octanol–water partition coefficient (Wildman–Crippen LogP) is 1.38. The maximum atomic E-state index is 11.9. The highest BCUT2D eigenvalue weighted by Gasteiger charge is 2.20. The molecular formula is C13H20N2O. The first-order valence-corrected chi connectivity index (χ1v) is 5.60. The first-order valence-electron chi connectivity index (χ1n) is 5.60. The minimum atomic E-state index is -0.221. The number of hydrogen-bond donors (Lipinski definition) is 1. The maximum absolute atomic E-state index is 11.9. The maximum Gasteiger partial charge on any atom is 0.230 e. The second-order valence-electron chi connectivity index (χ2n) is 4.12. The molecule has 1 rings (SSSR count). The van der Waals surface area contributed by atoms with Gasteiger partial charge in [-0.3, -0.25) is 4.79 Å². The molecule has 0 spiro atoms. The molecule has 0 saturated heterocycles. The van der Waals surface area contributed by atoms with E-state index in [2.05, 4.69) is 19.1 Å². The Bertz CT molecular complexity index is 343. The smallest absolute Gasteiger partial charge is 0.230 e. The summed E-state index contributed by atoms with van der Waals surface area (Å²) in [7, 11) is 3.51. The largest absolute Gasteiger partial charge is 0.348 e. The van der Waals surface area contributed by atoms with Gasteiger partial charge in [0.1, 0.15) is 0 Å². The van der Waals surface area contributed by atoms with E-state index in [1.807, 2.05) is 12.1 Å². The number of aryl methyl sites for hydroxylation is 1. The lowest BCUT2D eigenvalue weighted by Gasteiger charge is -2.19. The summed E-state index contributed by atoms with van der Waals surface area (Å²) in [5.74, 6) is -0.160. The van der Waals surface area contributed by atoms with Crippen molar-refractivity contribution in [1.82, 2.24) is 4.90 Å². The third-order valence-electron chi connectivity index (χ3n) is 2.76. The highest BCUT2D eigenvalue weighted by molar-refractivity contribution is 5.83.